The predicted octanol–water partition coefficient (Wildman–Crippen LogP) is 3.22. The molecular formula is C12H12F3N3S. The summed E-state index contributed by atoms with van der Waals surface area (Å²) in [4.78, 5) is 0.767. The normalized spacial score (nSPS) is 13.6. The topological polar surface area (TPSA) is 51.8 Å². The van der Waals surface area contributed by atoms with Crippen LogP contribution in [0.1, 0.15) is 33.3 Å². The first kappa shape index (κ1) is 14.0. The second kappa shape index (κ2) is 4.90. The molecule has 0 aliphatic rings. The van der Waals surface area contributed by atoms with E-state index in [0.717, 1.165) is 28.5 Å². The maximum atomic E-state index is 12.6. The molecule has 0 saturated heterocycles. The lowest BCUT2D eigenvalue weighted by molar-refractivity contribution is -0.137. The van der Waals surface area contributed by atoms with Gasteiger partial charge in [0.25, 0.3) is 0 Å². The zero-order valence-corrected chi connectivity index (χ0v) is 11.1. The van der Waals surface area contributed by atoms with E-state index in [-0.39, 0.29) is 0 Å². The van der Waals surface area contributed by atoms with Crippen LogP contribution in [0.3, 0.4) is 0 Å². The zero-order valence-electron chi connectivity index (χ0n) is 10.3. The average Bonchev–Trinajstić information content (AvgIpc) is 2.73. The molecule has 1 heterocycles. The number of hydrogen-bond donors (Lipinski definition) is 1. The lowest BCUT2D eigenvalue weighted by Crippen LogP contribution is -2.14. The smallest absolute Gasteiger partial charge is 0.319 e. The fourth-order valence-corrected chi connectivity index (χ4v) is 2.53. The van der Waals surface area contributed by atoms with E-state index in [0.29, 0.717) is 16.8 Å². The quantitative estimate of drug-likeness (QED) is 0.922. The van der Waals surface area contributed by atoms with E-state index in [1.807, 2.05) is 0 Å². The molecule has 2 rings (SSSR count). The Morgan fingerprint density at radius 3 is 2.42 bits per heavy atom. The minimum Gasteiger partial charge on any atom is -0.319 e. The second-order valence-electron chi connectivity index (χ2n) is 4.27. The SMILES string of the molecule is Cc1cc(C(F)(F)F)ccc1C(N)c1snnc1C. The third kappa shape index (κ3) is 2.76. The Balaban J connectivity index is 2.39. The molecule has 1 aromatic carbocycles. The van der Waals surface area contributed by atoms with Crippen LogP contribution in [0.15, 0.2) is 18.2 Å². The van der Waals surface area contributed by atoms with Crippen LogP contribution in [0.25, 0.3) is 0 Å². The minimum atomic E-state index is -4.34. The van der Waals surface area contributed by atoms with Gasteiger partial charge in [-0.2, -0.15) is 13.2 Å². The Hall–Kier alpha value is -1.47. The van der Waals surface area contributed by atoms with Crippen LogP contribution in [0.4, 0.5) is 13.2 Å². The highest BCUT2D eigenvalue weighted by Gasteiger charge is 2.31. The summed E-state index contributed by atoms with van der Waals surface area (Å²) in [6.07, 6.45) is -4.34. The second-order valence-corrected chi connectivity index (χ2v) is 5.06. The van der Waals surface area contributed by atoms with Gasteiger partial charge < -0.3 is 5.73 Å². The number of halogens is 3. The van der Waals surface area contributed by atoms with Crippen molar-refractivity contribution in [2.24, 2.45) is 5.73 Å². The van der Waals surface area contributed by atoms with Crippen molar-refractivity contribution in [3.63, 3.8) is 0 Å². The minimum absolute atomic E-state index is 0.498. The third-order valence-electron chi connectivity index (χ3n) is 2.90. The molecule has 1 unspecified atom stereocenters. The summed E-state index contributed by atoms with van der Waals surface area (Å²) in [5, 5.41) is 3.86. The highest BCUT2D eigenvalue weighted by molar-refractivity contribution is 7.05. The van der Waals surface area contributed by atoms with Crippen LogP contribution in [-0.4, -0.2) is 9.59 Å². The third-order valence-corrected chi connectivity index (χ3v) is 3.81. The van der Waals surface area contributed by atoms with Crippen molar-refractivity contribution < 1.29 is 13.2 Å². The summed E-state index contributed by atoms with van der Waals surface area (Å²) in [6, 6.07) is 3.08. The van der Waals surface area contributed by atoms with E-state index in [4.69, 9.17) is 5.73 Å². The Morgan fingerprint density at radius 2 is 1.95 bits per heavy atom. The summed E-state index contributed by atoms with van der Waals surface area (Å²) in [5.41, 5.74) is 7.27. The number of benzene rings is 1. The van der Waals surface area contributed by atoms with Crippen molar-refractivity contribution in [2.45, 2.75) is 26.1 Å². The van der Waals surface area contributed by atoms with Crippen LogP contribution in [-0.2, 0) is 6.18 Å². The van der Waals surface area contributed by atoms with Crippen molar-refractivity contribution >= 4 is 11.5 Å². The first-order chi connectivity index (χ1) is 8.80. The standard InChI is InChI=1S/C12H12F3N3S/c1-6-5-8(12(13,14)15)3-4-9(6)10(16)11-7(2)17-18-19-11/h3-5,10H,16H2,1-2H3. The van der Waals surface area contributed by atoms with Gasteiger partial charge in [-0.05, 0) is 48.6 Å². The molecule has 2 N–H and O–H groups in total. The molecule has 3 nitrogen and oxygen atoms in total. The van der Waals surface area contributed by atoms with E-state index in [1.54, 1.807) is 13.8 Å². The molecule has 19 heavy (non-hydrogen) atoms. The summed E-state index contributed by atoms with van der Waals surface area (Å²) < 4.78 is 41.6. The lowest BCUT2D eigenvalue weighted by atomic mass is 9.98. The monoisotopic (exact) mass is 287 g/mol. The lowest BCUT2D eigenvalue weighted by Gasteiger charge is -2.15. The Morgan fingerprint density at radius 1 is 1.26 bits per heavy atom. The molecule has 102 valence electrons. The number of nitrogens with two attached hydrogens (primary N) is 1. The Bertz CT molecular complexity index is 592. The van der Waals surface area contributed by atoms with Crippen molar-refractivity contribution in [3.05, 3.63) is 45.5 Å². The van der Waals surface area contributed by atoms with Gasteiger partial charge >= 0.3 is 6.18 Å². The molecule has 0 fully saturated rings. The number of alkyl halides is 3. The molecule has 0 aliphatic heterocycles. The first-order valence-electron chi connectivity index (χ1n) is 5.53. The molecule has 1 aromatic heterocycles. The first-order valence-corrected chi connectivity index (χ1v) is 6.30. The zero-order chi connectivity index (χ0) is 14.2. The number of aryl methyl sites for hydroxylation is 2. The van der Waals surface area contributed by atoms with Crippen LogP contribution in [0, 0.1) is 13.8 Å². The Labute approximate surface area is 112 Å². The van der Waals surface area contributed by atoms with Crippen molar-refractivity contribution in [1.29, 1.82) is 0 Å². The van der Waals surface area contributed by atoms with Crippen LogP contribution in [0.2, 0.25) is 0 Å². The molecule has 1 atom stereocenters. The van der Waals surface area contributed by atoms with E-state index in [9.17, 15) is 13.2 Å². The fraction of sp³-hybridized carbons (Fsp3) is 0.333. The molecule has 0 bridgehead atoms. The summed E-state index contributed by atoms with van der Waals surface area (Å²) in [5.74, 6) is 0. The maximum Gasteiger partial charge on any atom is 0.416 e. The number of aromatic nitrogens is 2. The van der Waals surface area contributed by atoms with Gasteiger partial charge in [-0.3, -0.25) is 0 Å². The van der Waals surface area contributed by atoms with Gasteiger partial charge in [0.15, 0.2) is 0 Å². The summed E-state index contributed by atoms with van der Waals surface area (Å²) in [7, 11) is 0. The van der Waals surface area contributed by atoms with Gasteiger partial charge in [0.05, 0.1) is 22.2 Å². The molecule has 0 aliphatic carbocycles. The highest BCUT2D eigenvalue weighted by atomic mass is 32.1. The van der Waals surface area contributed by atoms with Gasteiger partial charge in [0.2, 0.25) is 0 Å². The fourth-order valence-electron chi connectivity index (χ4n) is 1.87. The predicted molar refractivity (Wildman–Crippen MR) is 66.9 cm³/mol. The van der Waals surface area contributed by atoms with Crippen molar-refractivity contribution in [1.82, 2.24) is 9.59 Å². The largest absolute Gasteiger partial charge is 0.416 e. The Kier molecular flexibility index (Phi) is 3.60. The molecule has 7 heteroatoms. The number of hydrogen-bond acceptors (Lipinski definition) is 4. The van der Waals surface area contributed by atoms with E-state index in [2.05, 4.69) is 9.59 Å². The van der Waals surface area contributed by atoms with Crippen LogP contribution >= 0.6 is 11.5 Å². The molecule has 0 spiro atoms. The average molecular weight is 287 g/mol. The molecule has 0 amide bonds. The van der Waals surface area contributed by atoms with Crippen molar-refractivity contribution in [3.8, 4) is 0 Å². The van der Waals surface area contributed by atoms with Gasteiger partial charge in [-0.15, -0.1) is 5.10 Å². The van der Waals surface area contributed by atoms with Crippen molar-refractivity contribution in [2.75, 3.05) is 0 Å². The van der Waals surface area contributed by atoms with Gasteiger partial charge in [-0.25, -0.2) is 0 Å². The van der Waals surface area contributed by atoms with Crippen LogP contribution < -0.4 is 5.73 Å². The van der Waals surface area contributed by atoms with E-state index >= 15 is 0 Å². The molecular weight excluding hydrogens is 275 g/mol. The van der Waals surface area contributed by atoms with Crippen LogP contribution in [0.5, 0.6) is 0 Å². The summed E-state index contributed by atoms with van der Waals surface area (Å²) in [6.45, 7) is 3.40. The van der Waals surface area contributed by atoms with Gasteiger partial charge in [-0.1, -0.05) is 10.6 Å². The van der Waals surface area contributed by atoms with Gasteiger partial charge in [0, 0.05) is 0 Å². The highest BCUT2D eigenvalue weighted by Crippen LogP contribution is 2.33. The molecule has 0 radical (unpaired) electrons. The summed E-state index contributed by atoms with van der Waals surface area (Å²) >= 11 is 1.16. The number of nitrogens with zero attached hydrogens (tertiary/aromatic N) is 2. The van der Waals surface area contributed by atoms with E-state index < -0.39 is 17.8 Å². The molecule has 0 saturated carbocycles. The van der Waals surface area contributed by atoms with Gasteiger partial charge in [0.1, 0.15) is 0 Å². The number of rotatable bonds is 2. The molecule has 2 aromatic rings. The maximum absolute atomic E-state index is 12.6. The van der Waals surface area contributed by atoms with E-state index in [1.165, 1.54) is 6.07 Å².